The fraction of sp³-hybridized carbons (Fsp3) is 1.00. The van der Waals surface area contributed by atoms with E-state index in [4.69, 9.17) is 27.9 Å². The molecule has 0 aliphatic heterocycles. The van der Waals surface area contributed by atoms with Crippen LogP contribution in [0.5, 0.6) is 0 Å². The van der Waals surface area contributed by atoms with Crippen LogP contribution in [-0.2, 0) is 27.9 Å². The van der Waals surface area contributed by atoms with Crippen LogP contribution in [0.1, 0.15) is 60.8 Å². The third-order valence-corrected chi connectivity index (χ3v) is 2.28. The summed E-state index contributed by atoms with van der Waals surface area (Å²) >= 11 is 0. The first kappa shape index (κ1) is 25.1. The maximum atomic E-state index is 5.35. The van der Waals surface area contributed by atoms with Gasteiger partial charge < -0.3 is 27.9 Å². The molecule has 0 aromatic carbocycles. The van der Waals surface area contributed by atoms with Crippen LogP contribution in [0, 0.1) is 0 Å². The highest BCUT2D eigenvalue weighted by Crippen LogP contribution is 1.96. The smallest absolute Gasteiger partial charge is 0.386 e. The molecule has 0 unspecified atom stereocenters. The highest BCUT2D eigenvalue weighted by atomic mass is 16.7. The van der Waals surface area contributed by atoms with Crippen molar-refractivity contribution in [3.05, 3.63) is 0 Å². The monoisotopic (exact) mass is 334 g/mol. The summed E-state index contributed by atoms with van der Waals surface area (Å²) in [5, 5.41) is 0. The minimum Gasteiger partial charge on any atom is -0.386 e. The first-order valence-electron chi connectivity index (χ1n) is 8.89. The van der Waals surface area contributed by atoms with E-state index in [-0.39, 0.29) is 0 Å². The van der Waals surface area contributed by atoms with Gasteiger partial charge in [-0.2, -0.15) is 0 Å². The van der Waals surface area contributed by atoms with Gasteiger partial charge in [-0.05, 0) is 40.0 Å². The van der Waals surface area contributed by atoms with Crippen LogP contribution in [-0.4, -0.2) is 54.3 Å². The molecule has 138 valence electrons. The molecule has 0 aliphatic rings. The molecule has 0 aromatic rings. The quantitative estimate of drug-likeness (QED) is 0.428. The molecule has 0 amide bonds. The van der Waals surface area contributed by atoms with Crippen LogP contribution in [0.15, 0.2) is 0 Å². The molecule has 0 radical (unpaired) electrons. The van der Waals surface area contributed by atoms with Crippen molar-refractivity contribution in [2.24, 2.45) is 0 Å². The van der Waals surface area contributed by atoms with Gasteiger partial charge in [0, 0.05) is 39.6 Å². The van der Waals surface area contributed by atoms with E-state index in [1.165, 1.54) is 0 Å². The van der Waals surface area contributed by atoms with Crippen molar-refractivity contribution in [3.63, 3.8) is 0 Å². The van der Waals surface area contributed by atoms with Gasteiger partial charge in [-0.1, -0.05) is 20.8 Å². The van der Waals surface area contributed by atoms with Crippen LogP contribution in [0.4, 0.5) is 0 Å². The van der Waals surface area contributed by atoms with Gasteiger partial charge in [-0.15, -0.1) is 0 Å². The van der Waals surface area contributed by atoms with Gasteiger partial charge in [0.1, 0.15) is 0 Å². The topological polar surface area (TPSA) is 55.4 Å². The summed E-state index contributed by atoms with van der Waals surface area (Å²) in [5.41, 5.74) is 0. The molecule has 0 spiro atoms. The fourth-order valence-corrected chi connectivity index (χ4v) is 1.34. The first-order valence-corrected chi connectivity index (χ1v) is 8.89. The second-order valence-corrected chi connectivity index (χ2v) is 4.56. The SMILES string of the molecule is CCCOB(OCCC)OCCC.CCOB(OCC)OCC. The zero-order chi connectivity index (χ0) is 17.8. The minimum atomic E-state index is -0.472. The Morgan fingerprint density at radius 1 is 0.435 bits per heavy atom. The van der Waals surface area contributed by atoms with Crippen molar-refractivity contribution < 1.29 is 27.9 Å². The van der Waals surface area contributed by atoms with E-state index in [9.17, 15) is 0 Å². The van der Waals surface area contributed by atoms with Crippen molar-refractivity contribution in [2.75, 3.05) is 39.6 Å². The molecular weight excluding hydrogens is 298 g/mol. The molecule has 0 aromatic heterocycles. The van der Waals surface area contributed by atoms with E-state index >= 15 is 0 Å². The molecule has 8 heteroatoms. The van der Waals surface area contributed by atoms with Gasteiger partial charge in [-0.25, -0.2) is 0 Å². The lowest BCUT2D eigenvalue weighted by Gasteiger charge is -2.12. The third-order valence-electron chi connectivity index (χ3n) is 2.28. The van der Waals surface area contributed by atoms with Gasteiger partial charge in [0.15, 0.2) is 0 Å². The van der Waals surface area contributed by atoms with E-state index in [0.29, 0.717) is 39.6 Å². The Morgan fingerprint density at radius 2 is 0.696 bits per heavy atom. The average Bonchev–Trinajstić information content (AvgIpc) is 2.55. The molecule has 0 atom stereocenters. The molecule has 0 heterocycles. The summed E-state index contributed by atoms with van der Waals surface area (Å²) < 4.78 is 31.3. The molecular formula is C15H36B2O6. The van der Waals surface area contributed by atoms with Crippen LogP contribution < -0.4 is 0 Å². The highest BCUT2D eigenvalue weighted by Gasteiger charge is 2.19. The lowest BCUT2D eigenvalue weighted by molar-refractivity contribution is 0.0933. The number of hydrogen-bond donors (Lipinski definition) is 0. The Kier molecular flexibility index (Phi) is 23.9. The molecule has 0 N–H and O–H groups in total. The summed E-state index contributed by atoms with van der Waals surface area (Å²) in [6, 6.07) is 0. The standard InChI is InChI=1S/C9H21BO3.C6H15BO3/c1-4-7-11-10(12-8-5-2)13-9-6-3;1-4-8-7(9-5-2)10-6-3/h4-9H2,1-3H3;4-6H2,1-3H3. The van der Waals surface area contributed by atoms with Gasteiger partial charge in [-0.3, -0.25) is 0 Å². The van der Waals surface area contributed by atoms with Crippen molar-refractivity contribution >= 4 is 14.6 Å². The zero-order valence-electron chi connectivity index (χ0n) is 16.0. The molecule has 6 nitrogen and oxygen atoms in total. The van der Waals surface area contributed by atoms with Crippen molar-refractivity contribution in [1.82, 2.24) is 0 Å². The summed E-state index contributed by atoms with van der Waals surface area (Å²) in [7, 11) is -0.931. The Morgan fingerprint density at radius 3 is 0.913 bits per heavy atom. The second-order valence-electron chi connectivity index (χ2n) is 4.56. The highest BCUT2D eigenvalue weighted by molar-refractivity contribution is 6.36. The lowest BCUT2D eigenvalue weighted by Crippen LogP contribution is -2.28. The molecule has 0 bridgehead atoms. The van der Waals surface area contributed by atoms with E-state index in [2.05, 4.69) is 20.8 Å². The van der Waals surface area contributed by atoms with E-state index < -0.39 is 14.6 Å². The average molecular weight is 334 g/mol. The maximum Gasteiger partial charge on any atom is 0.639 e. The maximum absolute atomic E-state index is 5.35. The van der Waals surface area contributed by atoms with E-state index in [1.54, 1.807) is 0 Å². The van der Waals surface area contributed by atoms with Gasteiger partial charge in [0.25, 0.3) is 0 Å². The molecule has 23 heavy (non-hydrogen) atoms. The predicted molar refractivity (Wildman–Crippen MR) is 95.1 cm³/mol. The normalized spacial score (nSPS) is 10.2. The number of rotatable bonds is 15. The Hall–Kier alpha value is -0.110. The molecule has 0 saturated heterocycles. The van der Waals surface area contributed by atoms with Crippen molar-refractivity contribution in [1.29, 1.82) is 0 Å². The van der Waals surface area contributed by atoms with Crippen LogP contribution >= 0.6 is 0 Å². The summed E-state index contributed by atoms with van der Waals surface area (Å²) in [6.45, 7) is 15.8. The van der Waals surface area contributed by atoms with Gasteiger partial charge in [0.05, 0.1) is 0 Å². The van der Waals surface area contributed by atoms with Gasteiger partial charge in [0.2, 0.25) is 0 Å². The van der Waals surface area contributed by atoms with Gasteiger partial charge >= 0.3 is 14.6 Å². The predicted octanol–water partition coefficient (Wildman–Crippen LogP) is 3.33. The molecule has 0 rings (SSSR count). The summed E-state index contributed by atoms with van der Waals surface area (Å²) in [5.74, 6) is 0. The third kappa shape index (κ3) is 19.8. The van der Waals surface area contributed by atoms with E-state index in [0.717, 1.165) is 19.3 Å². The summed E-state index contributed by atoms with van der Waals surface area (Å²) in [4.78, 5) is 0. The number of hydrogen-bond acceptors (Lipinski definition) is 6. The molecule has 0 aliphatic carbocycles. The Balaban J connectivity index is 0. The fourth-order valence-electron chi connectivity index (χ4n) is 1.34. The van der Waals surface area contributed by atoms with E-state index in [1.807, 2.05) is 20.8 Å². The minimum absolute atomic E-state index is 0.458. The van der Waals surface area contributed by atoms with Crippen molar-refractivity contribution in [3.8, 4) is 0 Å². The summed E-state index contributed by atoms with van der Waals surface area (Å²) in [6.07, 6.45) is 2.96. The van der Waals surface area contributed by atoms with Crippen LogP contribution in [0.3, 0.4) is 0 Å². The second kappa shape index (κ2) is 21.9. The van der Waals surface area contributed by atoms with Crippen LogP contribution in [0.25, 0.3) is 0 Å². The van der Waals surface area contributed by atoms with Crippen molar-refractivity contribution in [2.45, 2.75) is 60.8 Å². The largest absolute Gasteiger partial charge is 0.639 e. The molecule has 0 saturated carbocycles. The van der Waals surface area contributed by atoms with Crippen LogP contribution in [0.2, 0.25) is 0 Å². The Bertz CT molecular complexity index is 179. The first-order chi connectivity index (χ1) is 11.2. The molecule has 0 fully saturated rings. The lowest BCUT2D eigenvalue weighted by atomic mass is 10.2. The zero-order valence-corrected chi connectivity index (χ0v) is 16.0. The Labute approximate surface area is 143 Å².